The van der Waals surface area contributed by atoms with E-state index in [2.05, 4.69) is 34.2 Å². The molecule has 0 radical (unpaired) electrons. The minimum absolute atomic E-state index is 0.772. The van der Waals surface area contributed by atoms with Crippen LogP contribution in [0.15, 0.2) is 28.2 Å². The number of hydrogen-bond donors (Lipinski definition) is 0. The van der Waals surface area contributed by atoms with Crippen LogP contribution in [0.1, 0.15) is 5.56 Å². The smallest absolute Gasteiger partial charge is 0.120 e. The van der Waals surface area contributed by atoms with E-state index in [4.69, 9.17) is 4.74 Å². The zero-order valence-corrected chi connectivity index (χ0v) is 8.97. The molecule has 0 fully saturated rings. The molecule has 0 saturated carbocycles. The summed E-state index contributed by atoms with van der Waals surface area (Å²) >= 11 is 3.38. The monoisotopic (exact) mass is 239 g/mol. The Labute approximate surface area is 86.1 Å². The van der Waals surface area contributed by atoms with Gasteiger partial charge in [0.05, 0.1) is 12.8 Å². The van der Waals surface area contributed by atoms with E-state index in [0.29, 0.717) is 0 Å². The lowest BCUT2D eigenvalue weighted by molar-refractivity contribution is 0.414. The normalized spacial score (nSPS) is 9.38. The summed E-state index contributed by atoms with van der Waals surface area (Å²) in [4.78, 5) is 3.89. The molecule has 0 unspecified atom stereocenters. The van der Waals surface area contributed by atoms with Crippen molar-refractivity contribution in [3.05, 3.63) is 28.7 Å². The molecule has 0 atom stereocenters. The number of ether oxygens (including phenoxy) is 1. The number of hydrogen-bond acceptors (Lipinski definition) is 2. The zero-order valence-electron chi connectivity index (χ0n) is 7.38. The van der Waals surface area contributed by atoms with Crippen molar-refractivity contribution in [2.24, 2.45) is 4.99 Å². The molecule has 0 amide bonds. The standard InChI is InChI=1S/C10H10BrNO/c1-4-7-5-8(13-3)6-9(11)10(7)12-2/h4-6H,1-2H2,3H3. The van der Waals surface area contributed by atoms with Gasteiger partial charge in [0, 0.05) is 10.0 Å². The van der Waals surface area contributed by atoms with Crippen molar-refractivity contribution in [3.8, 4) is 5.75 Å². The van der Waals surface area contributed by atoms with Crippen LogP contribution in [0.4, 0.5) is 5.69 Å². The van der Waals surface area contributed by atoms with Crippen molar-refractivity contribution >= 4 is 34.4 Å². The molecule has 0 aliphatic heterocycles. The Kier molecular flexibility index (Phi) is 3.25. The number of benzene rings is 1. The van der Waals surface area contributed by atoms with Crippen molar-refractivity contribution in [2.75, 3.05) is 7.11 Å². The molecule has 0 N–H and O–H groups in total. The predicted molar refractivity (Wildman–Crippen MR) is 60.0 cm³/mol. The largest absolute Gasteiger partial charge is 0.497 e. The van der Waals surface area contributed by atoms with Crippen LogP contribution in [-0.4, -0.2) is 13.8 Å². The van der Waals surface area contributed by atoms with E-state index in [-0.39, 0.29) is 0 Å². The molecule has 3 heteroatoms. The number of aliphatic imine (C=N–C) groups is 1. The Bertz CT molecular complexity index is 347. The second-order valence-corrected chi connectivity index (χ2v) is 3.26. The molecular formula is C10H10BrNO. The van der Waals surface area contributed by atoms with Gasteiger partial charge in [-0.1, -0.05) is 12.7 Å². The third-order valence-corrected chi connectivity index (χ3v) is 2.28. The third kappa shape index (κ3) is 1.98. The van der Waals surface area contributed by atoms with Gasteiger partial charge in [0.2, 0.25) is 0 Å². The molecule has 1 aromatic carbocycles. The fourth-order valence-electron chi connectivity index (χ4n) is 1.03. The summed E-state index contributed by atoms with van der Waals surface area (Å²) in [6, 6.07) is 3.71. The summed E-state index contributed by atoms with van der Waals surface area (Å²) in [5.74, 6) is 0.772. The van der Waals surface area contributed by atoms with Crippen molar-refractivity contribution < 1.29 is 4.74 Å². The maximum Gasteiger partial charge on any atom is 0.120 e. The fraction of sp³-hybridized carbons (Fsp3) is 0.100. The van der Waals surface area contributed by atoms with Crippen LogP contribution in [0.3, 0.4) is 0 Å². The Balaban J connectivity index is 3.36. The first-order valence-corrected chi connectivity index (χ1v) is 4.49. The van der Waals surface area contributed by atoms with Gasteiger partial charge in [-0.25, -0.2) is 0 Å². The first-order valence-electron chi connectivity index (χ1n) is 3.69. The number of rotatable bonds is 3. The topological polar surface area (TPSA) is 21.6 Å². The fourth-order valence-corrected chi connectivity index (χ4v) is 1.61. The molecule has 0 aliphatic rings. The quantitative estimate of drug-likeness (QED) is 0.741. The van der Waals surface area contributed by atoms with Crippen molar-refractivity contribution in [1.82, 2.24) is 0 Å². The molecule has 0 aliphatic carbocycles. The molecule has 2 nitrogen and oxygen atoms in total. The Morgan fingerprint density at radius 2 is 2.23 bits per heavy atom. The van der Waals surface area contributed by atoms with Gasteiger partial charge in [-0.05, 0) is 34.8 Å². The molecule has 0 saturated heterocycles. The van der Waals surface area contributed by atoms with Crippen LogP contribution >= 0.6 is 15.9 Å². The molecule has 68 valence electrons. The van der Waals surface area contributed by atoms with Gasteiger partial charge in [0.25, 0.3) is 0 Å². The molecule has 0 spiro atoms. The lowest BCUT2D eigenvalue weighted by Gasteiger charge is -2.06. The molecular weight excluding hydrogens is 230 g/mol. The first kappa shape index (κ1) is 9.99. The average Bonchev–Trinajstić information content (AvgIpc) is 2.16. The van der Waals surface area contributed by atoms with Crippen LogP contribution < -0.4 is 4.74 Å². The van der Waals surface area contributed by atoms with Crippen molar-refractivity contribution in [1.29, 1.82) is 0 Å². The van der Waals surface area contributed by atoms with E-state index in [1.807, 2.05) is 12.1 Å². The van der Waals surface area contributed by atoms with Gasteiger partial charge < -0.3 is 4.74 Å². The van der Waals surface area contributed by atoms with E-state index in [1.54, 1.807) is 13.2 Å². The van der Waals surface area contributed by atoms with E-state index in [1.165, 1.54) is 0 Å². The zero-order chi connectivity index (χ0) is 9.84. The van der Waals surface area contributed by atoms with E-state index in [0.717, 1.165) is 21.5 Å². The minimum atomic E-state index is 0.772. The minimum Gasteiger partial charge on any atom is -0.497 e. The van der Waals surface area contributed by atoms with E-state index >= 15 is 0 Å². The molecule has 13 heavy (non-hydrogen) atoms. The lowest BCUT2D eigenvalue weighted by Crippen LogP contribution is -1.84. The number of nitrogens with zero attached hydrogens (tertiary/aromatic N) is 1. The van der Waals surface area contributed by atoms with Gasteiger partial charge in [-0.3, -0.25) is 4.99 Å². The Morgan fingerprint density at radius 1 is 1.54 bits per heavy atom. The van der Waals surface area contributed by atoms with Crippen LogP contribution in [0.25, 0.3) is 6.08 Å². The highest BCUT2D eigenvalue weighted by Crippen LogP contribution is 2.34. The maximum atomic E-state index is 5.10. The highest BCUT2D eigenvalue weighted by Gasteiger charge is 2.05. The Hall–Kier alpha value is -1.09. The maximum absolute atomic E-state index is 5.10. The summed E-state index contributed by atoms with van der Waals surface area (Å²) in [7, 11) is 1.62. The molecule has 1 rings (SSSR count). The summed E-state index contributed by atoms with van der Waals surface area (Å²) in [6.07, 6.45) is 1.72. The first-order chi connectivity index (χ1) is 6.22. The van der Waals surface area contributed by atoms with Crippen LogP contribution in [0.2, 0.25) is 0 Å². The predicted octanol–water partition coefficient (Wildman–Crippen LogP) is 3.43. The summed E-state index contributed by atoms with van der Waals surface area (Å²) in [6.45, 7) is 7.18. The number of halogens is 1. The third-order valence-electron chi connectivity index (χ3n) is 1.68. The van der Waals surface area contributed by atoms with E-state index < -0.39 is 0 Å². The molecule has 0 heterocycles. The van der Waals surface area contributed by atoms with E-state index in [9.17, 15) is 0 Å². The Morgan fingerprint density at radius 3 is 2.69 bits per heavy atom. The van der Waals surface area contributed by atoms with Crippen molar-refractivity contribution in [3.63, 3.8) is 0 Å². The van der Waals surface area contributed by atoms with Crippen molar-refractivity contribution in [2.45, 2.75) is 0 Å². The van der Waals surface area contributed by atoms with Crippen LogP contribution in [-0.2, 0) is 0 Å². The highest BCUT2D eigenvalue weighted by molar-refractivity contribution is 9.10. The van der Waals surface area contributed by atoms with Gasteiger partial charge in [-0.15, -0.1) is 0 Å². The summed E-state index contributed by atoms with van der Waals surface area (Å²) in [5, 5.41) is 0. The highest BCUT2D eigenvalue weighted by atomic mass is 79.9. The molecule has 1 aromatic rings. The van der Waals surface area contributed by atoms with Gasteiger partial charge in [0.1, 0.15) is 5.75 Å². The number of methoxy groups -OCH3 is 1. The van der Waals surface area contributed by atoms with Crippen LogP contribution in [0, 0.1) is 0 Å². The van der Waals surface area contributed by atoms with Gasteiger partial charge in [0.15, 0.2) is 0 Å². The lowest BCUT2D eigenvalue weighted by atomic mass is 10.1. The summed E-state index contributed by atoms with van der Waals surface area (Å²) in [5.41, 5.74) is 1.69. The second-order valence-electron chi connectivity index (χ2n) is 2.41. The molecule has 0 aromatic heterocycles. The SMILES string of the molecule is C=Cc1cc(OC)cc(Br)c1N=C. The van der Waals surface area contributed by atoms with Gasteiger partial charge >= 0.3 is 0 Å². The summed E-state index contributed by atoms with van der Waals surface area (Å²) < 4.78 is 5.96. The average molecular weight is 240 g/mol. The van der Waals surface area contributed by atoms with Gasteiger partial charge in [-0.2, -0.15) is 0 Å². The second kappa shape index (κ2) is 4.23. The van der Waals surface area contributed by atoms with Crippen LogP contribution in [0.5, 0.6) is 5.75 Å². The molecule has 0 bridgehead atoms.